The van der Waals surface area contributed by atoms with Crippen molar-refractivity contribution >= 4 is 6.98 Å². The molecule has 0 spiro atoms. The van der Waals surface area contributed by atoms with E-state index in [1.54, 1.807) is 0 Å². The van der Waals surface area contributed by atoms with Gasteiger partial charge in [-0.15, -0.1) is 0 Å². The van der Waals surface area contributed by atoms with E-state index >= 15 is 0 Å². The summed E-state index contributed by atoms with van der Waals surface area (Å²) in [5.41, 5.74) is 0.131. The molecule has 13 heavy (non-hydrogen) atoms. The third-order valence-corrected chi connectivity index (χ3v) is 1.47. The van der Waals surface area contributed by atoms with Crippen molar-refractivity contribution in [2.45, 2.75) is 6.32 Å². The molecule has 0 unspecified atom stereocenters. The van der Waals surface area contributed by atoms with Gasteiger partial charge in [0.05, 0.1) is 13.3 Å². The molecule has 0 aliphatic rings. The first-order valence-corrected chi connectivity index (χ1v) is 3.70. The summed E-state index contributed by atoms with van der Waals surface area (Å²) in [6, 6.07) is 1.34. The van der Waals surface area contributed by atoms with E-state index in [2.05, 4.69) is 4.98 Å². The van der Waals surface area contributed by atoms with Crippen molar-refractivity contribution in [2.75, 3.05) is 7.11 Å². The lowest BCUT2D eigenvalue weighted by Gasteiger charge is -2.13. The first-order chi connectivity index (χ1) is 6.01. The lowest BCUT2D eigenvalue weighted by Crippen LogP contribution is -2.19. The molecule has 0 saturated heterocycles. The number of pyridine rings is 1. The molecule has 0 bridgehead atoms. The quantitative estimate of drug-likeness (QED) is 0.680. The summed E-state index contributed by atoms with van der Waals surface area (Å²) in [6.45, 7) is -4.80. The number of rotatable bonds is 3. The Bertz CT molecular complexity index is 289. The fraction of sp³-hybridized carbons (Fsp3) is 0.286. The normalized spacial score (nSPS) is 11.4. The molecule has 1 heterocycles. The Morgan fingerprint density at radius 2 is 2.08 bits per heavy atom. The highest BCUT2D eigenvalue weighted by Crippen LogP contribution is 2.18. The van der Waals surface area contributed by atoms with Crippen LogP contribution in [0, 0.1) is 0 Å². The Morgan fingerprint density at radius 3 is 2.62 bits per heavy atom. The number of methoxy groups -OCH3 is 1. The van der Waals surface area contributed by atoms with Gasteiger partial charge in [-0.3, -0.25) is 4.98 Å². The van der Waals surface area contributed by atoms with Gasteiger partial charge in [0.1, 0.15) is 5.75 Å². The minimum atomic E-state index is -4.80. The summed E-state index contributed by atoms with van der Waals surface area (Å²) < 4.78 is 40.7. The molecular weight excluding hydrogens is 182 g/mol. The van der Waals surface area contributed by atoms with Crippen LogP contribution in [0.3, 0.4) is 0 Å². The van der Waals surface area contributed by atoms with Crippen LogP contribution in [0.2, 0.25) is 0 Å². The fourth-order valence-electron chi connectivity index (χ4n) is 0.954. The third kappa shape index (κ3) is 3.35. The Hall–Kier alpha value is -1.20. The van der Waals surface area contributed by atoms with Gasteiger partial charge in [0.25, 0.3) is 0 Å². The van der Waals surface area contributed by atoms with E-state index in [0.29, 0.717) is 5.75 Å². The zero-order valence-electron chi connectivity index (χ0n) is 7.01. The number of hydrogen-bond acceptors (Lipinski definition) is 2. The second-order valence-corrected chi connectivity index (χ2v) is 2.65. The summed E-state index contributed by atoms with van der Waals surface area (Å²) in [7, 11) is 1.39. The minimum absolute atomic E-state index is 0.131. The molecule has 72 valence electrons. The van der Waals surface area contributed by atoms with Crippen molar-refractivity contribution in [1.29, 1.82) is 0 Å². The van der Waals surface area contributed by atoms with Gasteiger partial charge in [0.15, 0.2) is 0 Å². The zero-order chi connectivity index (χ0) is 9.90. The van der Waals surface area contributed by atoms with Crippen LogP contribution < -0.4 is 4.74 Å². The molecule has 2 nitrogen and oxygen atoms in total. The minimum Gasteiger partial charge on any atom is -0.495 e. The molecular formula is C7H8BF3NO-. The number of nitrogens with zero attached hydrogens (tertiary/aromatic N) is 1. The predicted octanol–water partition coefficient (Wildman–Crippen LogP) is 2.02. The standard InChI is InChI=1S/C7H8BF3NO/c1-13-7-2-6(4-12-5-7)3-8(9,10)11/h2,4-5H,3H2,1H3/q-1. The first kappa shape index (κ1) is 9.89. The second kappa shape index (κ2) is 3.68. The van der Waals surface area contributed by atoms with E-state index in [4.69, 9.17) is 4.74 Å². The van der Waals surface area contributed by atoms with E-state index in [1.165, 1.54) is 25.6 Å². The van der Waals surface area contributed by atoms with Crippen LogP contribution in [0.5, 0.6) is 5.75 Å². The van der Waals surface area contributed by atoms with Crippen LogP contribution in [0.4, 0.5) is 12.9 Å². The highest BCUT2D eigenvalue weighted by Gasteiger charge is 2.23. The molecule has 0 saturated carbocycles. The zero-order valence-corrected chi connectivity index (χ0v) is 7.01. The molecule has 0 fully saturated rings. The topological polar surface area (TPSA) is 22.1 Å². The van der Waals surface area contributed by atoms with Crippen molar-refractivity contribution in [3.63, 3.8) is 0 Å². The fourth-order valence-corrected chi connectivity index (χ4v) is 0.954. The second-order valence-electron chi connectivity index (χ2n) is 2.65. The molecule has 0 radical (unpaired) electrons. The summed E-state index contributed by atoms with van der Waals surface area (Å²) in [5.74, 6) is 0.345. The van der Waals surface area contributed by atoms with Crippen LogP contribution in [-0.4, -0.2) is 19.1 Å². The number of aromatic nitrogens is 1. The smallest absolute Gasteiger partial charge is 0.482 e. The van der Waals surface area contributed by atoms with Crippen LogP contribution >= 0.6 is 0 Å². The number of hydrogen-bond donors (Lipinski definition) is 0. The summed E-state index contributed by atoms with van der Waals surface area (Å²) in [5, 5.41) is 0. The van der Waals surface area contributed by atoms with Gasteiger partial charge in [-0.25, -0.2) is 0 Å². The Kier molecular flexibility index (Phi) is 2.80. The Labute approximate surface area is 73.8 Å². The van der Waals surface area contributed by atoms with Gasteiger partial charge in [0, 0.05) is 6.20 Å². The van der Waals surface area contributed by atoms with E-state index < -0.39 is 13.3 Å². The van der Waals surface area contributed by atoms with Crippen molar-refractivity contribution < 1.29 is 17.7 Å². The van der Waals surface area contributed by atoms with Crippen LogP contribution in [0.1, 0.15) is 5.56 Å². The van der Waals surface area contributed by atoms with Crippen molar-refractivity contribution in [1.82, 2.24) is 4.98 Å². The monoisotopic (exact) mass is 190 g/mol. The van der Waals surface area contributed by atoms with Crippen molar-refractivity contribution in [2.24, 2.45) is 0 Å². The maximum absolute atomic E-state index is 12.0. The summed E-state index contributed by atoms with van der Waals surface area (Å²) in [6.07, 6.45) is 1.65. The SMILES string of the molecule is COc1cncc(C[B-](F)(F)F)c1. The number of halogens is 3. The van der Waals surface area contributed by atoms with Gasteiger partial charge in [0.2, 0.25) is 0 Å². The summed E-state index contributed by atoms with van der Waals surface area (Å²) >= 11 is 0. The number of ether oxygens (including phenoxy) is 1. The lowest BCUT2D eigenvalue weighted by molar-refractivity contribution is 0.412. The highest BCUT2D eigenvalue weighted by atomic mass is 19.4. The van der Waals surface area contributed by atoms with Crippen molar-refractivity contribution in [3.8, 4) is 5.75 Å². The highest BCUT2D eigenvalue weighted by molar-refractivity contribution is 6.57. The third-order valence-electron chi connectivity index (χ3n) is 1.47. The molecule has 0 atom stereocenters. The van der Waals surface area contributed by atoms with E-state index in [1.807, 2.05) is 0 Å². The van der Waals surface area contributed by atoms with E-state index in [9.17, 15) is 12.9 Å². The van der Waals surface area contributed by atoms with Gasteiger partial charge in [-0.2, -0.15) is 0 Å². The summed E-state index contributed by atoms with van der Waals surface area (Å²) in [4.78, 5) is 3.62. The molecule has 6 heteroatoms. The van der Waals surface area contributed by atoms with E-state index in [0.717, 1.165) is 0 Å². The largest absolute Gasteiger partial charge is 0.495 e. The van der Waals surface area contributed by atoms with Crippen LogP contribution in [-0.2, 0) is 6.32 Å². The van der Waals surface area contributed by atoms with Crippen LogP contribution in [0.25, 0.3) is 0 Å². The van der Waals surface area contributed by atoms with Gasteiger partial charge in [-0.1, -0.05) is 11.9 Å². The predicted molar refractivity (Wildman–Crippen MR) is 43.6 cm³/mol. The van der Waals surface area contributed by atoms with Gasteiger partial charge < -0.3 is 17.7 Å². The van der Waals surface area contributed by atoms with E-state index in [-0.39, 0.29) is 5.56 Å². The Morgan fingerprint density at radius 1 is 1.38 bits per heavy atom. The van der Waals surface area contributed by atoms with Crippen LogP contribution in [0.15, 0.2) is 18.5 Å². The van der Waals surface area contributed by atoms with Gasteiger partial charge >= 0.3 is 6.98 Å². The average molecular weight is 190 g/mol. The Balaban J connectivity index is 2.78. The average Bonchev–Trinajstić information content (AvgIpc) is 2.01. The molecule has 1 aromatic rings. The van der Waals surface area contributed by atoms with Crippen molar-refractivity contribution in [3.05, 3.63) is 24.0 Å². The maximum atomic E-state index is 12.0. The first-order valence-electron chi connectivity index (χ1n) is 3.70. The molecule has 0 aliphatic carbocycles. The molecule has 1 rings (SSSR count). The molecule has 0 aliphatic heterocycles. The molecule has 1 aromatic heterocycles. The molecule has 0 N–H and O–H groups in total. The molecule has 0 amide bonds. The van der Waals surface area contributed by atoms with Gasteiger partial charge in [-0.05, 0) is 6.07 Å². The maximum Gasteiger partial charge on any atom is 0.482 e. The lowest BCUT2D eigenvalue weighted by atomic mass is 9.82. The molecule has 0 aromatic carbocycles.